The van der Waals surface area contributed by atoms with Crippen LogP contribution in [0.3, 0.4) is 0 Å². The number of hydrogen-bond acceptors (Lipinski definition) is 2. The molecule has 108 valence electrons. The molecule has 19 heavy (non-hydrogen) atoms. The van der Waals surface area contributed by atoms with Gasteiger partial charge in [-0.05, 0) is 70.9 Å². The fourth-order valence-corrected chi connectivity index (χ4v) is 2.17. The standard InChI is InChI=1S/C16H27BrN2/c1-13(2)19(4)10-6-5-9-18-12-15-7-8-16(17)14(3)11-15/h7-8,11,13,18H,5-6,9-10,12H2,1-4H3. The number of benzene rings is 1. The van der Waals surface area contributed by atoms with Crippen LogP contribution < -0.4 is 5.32 Å². The Morgan fingerprint density at radius 1 is 1.26 bits per heavy atom. The molecule has 3 heteroatoms. The SMILES string of the molecule is Cc1cc(CNCCCCN(C)C(C)C)ccc1Br. The highest BCUT2D eigenvalue weighted by Crippen LogP contribution is 2.16. The van der Waals surface area contributed by atoms with Gasteiger partial charge in [-0.15, -0.1) is 0 Å². The van der Waals surface area contributed by atoms with Crippen molar-refractivity contribution in [3.05, 3.63) is 33.8 Å². The first-order chi connectivity index (χ1) is 9.00. The van der Waals surface area contributed by atoms with E-state index in [-0.39, 0.29) is 0 Å². The van der Waals surface area contributed by atoms with Gasteiger partial charge in [0.25, 0.3) is 0 Å². The van der Waals surface area contributed by atoms with Crippen LogP contribution in [0.15, 0.2) is 22.7 Å². The molecular formula is C16H27BrN2. The molecule has 0 aromatic heterocycles. The van der Waals surface area contributed by atoms with Gasteiger partial charge in [0.15, 0.2) is 0 Å². The van der Waals surface area contributed by atoms with Crippen molar-refractivity contribution in [1.29, 1.82) is 0 Å². The molecule has 0 aliphatic rings. The van der Waals surface area contributed by atoms with Crippen LogP contribution in [0.5, 0.6) is 0 Å². The van der Waals surface area contributed by atoms with Crippen LogP contribution in [-0.2, 0) is 6.54 Å². The van der Waals surface area contributed by atoms with Crippen molar-refractivity contribution in [1.82, 2.24) is 10.2 Å². The van der Waals surface area contributed by atoms with Gasteiger partial charge in [-0.25, -0.2) is 0 Å². The van der Waals surface area contributed by atoms with Crippen molar-refractivity contribution in [2.75, 3.05) is 20.1 Å². The molecule has 0 saturated heterocycles. The lowest BCUT2D eigenvalue weighted by Crippen LogP contribution is -2.27. The summed E-state index contributed by atoms with van der Waals surface area (Å²) >= 11 is 3.53. The molecule has 1 aromatic rings. The minimum absolute atomic E-state index is 0.652. The first-order valence-corrected chi connectivity index (χ1v) is 7.96. The molecule has 2 nitrogen and oxygen atoms in total. The smallest absolute Gasteiger partial charge is 0.0205 e. The van der Waals surface area contributed by atoms with Crippen molar-refractivity contribution in [2.45, 2.75) is 46.2 Å². The number of rotatable bonds is 8. The first-order valence-electron chi connectivity index (χ1n) is 7.16. The van der Waals surface area contributed by atoms with Crippen LogP contribution in [0, 0.1) is 6.92 Å². The summed E-state index contributed by atoms with van der Waals surface area (Å²) in [4.78, 5) is 2.40. The molecule has 0 amide bonds. The van der Waals surface area contributed by atoms with Gasteiger partial charge in [-0.3, -0.25) is 0 Å². The molecule has 0 unspecified atom stereocenters. The van der Waals surface area contributed by atoms with Crippen LogP contribution in [-0.4, -0.2) is 31.1 Å². The predicted molar refractivity (Wildman–Crippen MR) is 87.6 cm³/mol. The number of aryl methyl sites for hydroxylation is 1. The molecule has 0 spiro atoms. The maximum atomic E-state index is 3.53. The topological polar surface area (TPSA) is 15.3 Å². The van der Waals surface area contributed by atoms with Crippen molar-refractivity contribution < 1.29 is 0 Å². The van der Waals surface area contributed by atoms with Crippen molar-refractivity contribution in [3.8, 4) is 0 Å². The van der Waals surface area contributed by atoms with Gasteiger partial charge in [0.05, 0.1) is 0 Å². The van der Waals surface area contributed by atoms with Gasteiger partial charge in [-0.2, -0.15) is 0 Å². The van der Waals surface area contributed by atoms with Crippen LogP contribution in [0.2, 0.25) is 0 Å². The number of halogens is 1. The Kier molecular flexibility index (Phi) is 7.66. The first kappa shape index (κ1) is 16.7. The fraction of sp³-hybridized carbons (Fsp3) is 0.625. The summed E-state index contributed by atoms with van der Waals surface area (Å²) in [6.45, 7) is 9.88. The van der Waals surface area contributed by atoms with Gasteiger partial charge in [0.2, 0.25) is 0 Å². The Bertz CT molecular complexity index is 377. The lowest BCUT2D eigenvalue weighted by Gasteiger charge is -2.20. The van der Waals surface area contributed by atoms with Crippen LogP contribution in [0.4, 0.5) is 0 Å². The summed E-state index contributed by atoms with van der Waals surface area (Å²) in [6, 6.07) is 7.20. The summed E-state index contributed by atoms with van der Waals surface area (Å²) in [5.41, 5.74) is 2.66. The highest BCUT2D eigenvalue weighted by molar-refractivity contribution is 9.10. The Balaban J connectivity index is 2.12. The van der Waals surface area contributed by atoms with Crippen LogP contribution in [0.1, 0.15) is 37.8 Å². The zero-order chi connectivity index (χ0) is 14.3. The van der Waals surface area contributed by atoms with Gasteiger partial charge < -0.3 is 10.2 Å². The third-order valence-corrected chi connectivity index (χ3v) is 4.44. The third kappa shape index (κ3) is 6.55. The molecule has 1 aromatic carbocycles. The molecule has 0 saturated carbocycles. The average molecular weight is 327 g/mol. The zero-order valence-corrected chi connectivity index (χ0v) is 14.3. The second kappa shape index (κ2) is 8.72. The van der Waals surface area contributed by atoms with Crippen molar-refractivity contribution >= 4 is 15.9 Å². The van der Waals surface area contributed by atoms with E-state index in [1.807, 2.05) is 0 Å². The van der Waals surface area contributed by atoms with Crippen molar-refractivity contribution in [2.24, 2.45) is 0 Å². The van der Waals surface area contributed by atoms with Gasteiger partial charge in [0, 0.05) is 17.1 Å². The van der Waals surface area contributed by atoms with E-state index in [9.17, 15) is 0 Å². The molecule has 0 fully saturated rings. The van der Waals surface area contributed by atoms with E-state index in [0.29, 0.717) is 6.04 Å². The molecule has 0 aliphatic heterocycles. The third-order valence-electron chi connectivity index (χ3n) is 3.55. The summed E-state index contributed by atoms with van der Waals surface area (Å²) in [5, 5.41) is 3.52. The monoisotopic (exact) mass is 326 g/mol. The Morgan fingerprint density at radius 3 is 2.63 bits per heavy atom. The molecule has 0 heterocycles. The maximum Gasteiger partial charge on any atom is 0.0205 e. The molecule has 0 aliphatic carbocycles. The molecule has 1 N–H and O–H groups in total. The normalized spacial score (nSPS) is 11.5. The van der Waals surface area contributed by atoms with Crippen molar-refractivity contribution in [3.63, 3.8) is 0 Å². The lowest BCUT2D eigenvalue weighted by atomic mass is 10.1. The van der Waals surface area contributed by atoms with Gasteiger partial charge in [-0.1, -0.05) is 28.1 Å². The number of nitrogens with one attached hydrogen (secondary N) is 1. The highest BCUT2D eigenvalue weighted by atomic mass is 79.9. The molecule has 0 radical (unpaired) electrons. The van der Waals surface area contributed by atoms with E-state index in [0.717, 1.165) is 13.1 Å². The predicted octanol–water partition coefficient (Wildman–Crippen LogP) is 3.97. The van der Waals surface area contributed by atoms with Gasteiger partial charge in [0.1, 0.15) is 0 Å². The lowest BCUT2D eigenvalue weighted by molar-refractivity contribution is 0.268. The Hall–Kier alpha value is -0.380. The second-order valence-corrected chi connectivity index (χ2v) is 6.40. The van der Waals surface area contributed by atoms with E-state index in [1.165, 1.54) is 35.0 Å². The van der Waals surface area contributed by atoms with Gasteiger partial charge >= 0.3 is 0 Å². The average Bonchev–Trinajstić information content (AvgIpc) is 2.37. The number of nitrogens with zero attached hydrogens (tertiary/aromatic N) is 1. The summed E-state index contributed by atoms with van der Waals surface area (Å²) < 4.78 is 1.19. The van der Waals surface area contributed by atoms with Crippen LogP contribution in [0.25, 0.3) is 0 Å². The van der Waals surface area contributed by atoms with E-state index < -0.39 is 0 Å². The van der Waals surface area contributed by atoms with E-state index in [4.69, 9.17) is 0 Å². The fourth-order valence-electron chi connectivity index (χ4n) is 1.92. The molecule has 0 bridgehead atoms. The summed E-state index contributed by atoms with van der Waals surface area (Å²) in [7, 11) is 2.20. The van der Waals surface area contributed by atoms with E-state index in [1.54, 1.807) is 0 Å². The summed E-state index contributed by atoms with van der Waals surface area (Å²) in [6.07, 6.45) is 2.51. The maximum absolute atomic E-state index is 3.53. The number of hydrogen-bond donors (Lipinski definition) is 1. The molecule has 1 rings (SSSR count). The van der Waals surface area contributed by atoms with E-state index in [2.05, 4.69) is 72.2 Å². The quantitative estimate of drug-likeness (QED) is 0.727. The minimum atomic E-state index is 0.652. The molecule has 0 atom stereocenters. The zero-order valence-electron chi connectivity index (χ0n) is 12.7. The minimum Gasteiger partial charge on any atom is -0.313 e. The summed E-state index contributed by atoms with van der Waals surface area (Å²) in [5.74, 6) is 0. The number of unbranched alkanes of at least 4 members (excludes halogenated alkanes) is 1. The Labute approximate surface area is 126 Å². The highest BCUT2D eigenvalue weighted by Gasteiger charge is 2.01. The van der Waals surface area contributed by atoms with E-state index >= 15 is 0 Å². The molecular weight excluding hydrogens is 300 g/mol. The van der Waals surface area contributed by atoms with Crippen LogP contribution >= 0.6 is 15.9 Å². The second-order valence-electron chi connectivity index (χ2n) is 5.54. The largest absolute Gasteiger partial charge is 0.313 e. The Morgan fingerprint density at radius 2 is 2.00 bits per heavy atom.